The van der Waals surface area contributed by atoms with Crippen LogP contribution in [0.15, 0.2) is 22.6 Å². The summed E-state index contributed by atoms with van der Waals surface area (Å²) in [6.45, 7) is -0.606. The molecule has 108 valence electrons. The van der Waals surface area contributed by atoms with Gasteiger partial charge in [0.05, 0.1) is 0 Å². The van der Waals surface area contributed by atoms with Crippen molar-refractivity contribution in [1.82, 2.24) is 0 Å². The van der Waals surface area contributed by atoms with Gasteiger partial charge in [-0.05, 0) is 24.5 Å². The average molecular weight is 296 g/mol. The van der Waals surface area contributed by atoms with Gasteiger partial charge in [-0.2, -0.15) is 11.8 Å². The quantitative estimate of drug-likeness (QED) is 0.816. The molecule has 0 atom stereocenters. The van der Waals surface area contributed by atoms with Gasteiger partial charge in [-0.3, -0.25) is 0 Å². The van der Waals surface area contributed by atoms with Gasteiger partial charge in [0.2, 0.25) is 0 Å². The third-order valence-electron chi connectivity index (χ3n) is 2.92. The Morgan fingerprint density at radius 2 is 2.25 bits per heavy atom. The number of hydrogen-bond donors (Lipinski definition) is 2. The summed E-state index contributed by atoms with van der Waals surface area (Å²) in [5.41, 5.74) is 1.45. The van der Waals surface area contributed by atoms with Crippen LogP contribution < -0.4 is 4.74 Å². The molecule has 20 heavy (non-hydrogen) atoms. The zero-order valence-corrected chi connectivity index (χ0v) is 11.9. The van der Waals surface area contributed by atoms with E-state index in [2.05, 4.69) is 0 Å². The normalized spacial score (nSPS) is 10.9. The van der Waals surface area contributed by atoms with Crippen LogP contribution in [0.25, 0.3) is 11.0 Å². The summed E-state index contributed by atoms with van der Waals surface area (Å²) in [5, 5.41) is 18.9. The van der Waals surface area contributed by atoms with Crippen LogP contribution in [-0.4, -0.2) is 34.8 Å². The third-order valence-corrected chi connectivity index (χ3v) is 3.53. The predicted octanol–water partition coefficient (Wildman–Crippen LogP) is 2.29. The van der Waals surface area contributed by atoms with Crippen molar-refractivity contribution in [1.29, 1.82) is 0 Å². The third kappa shape index (κ3) is 3.08. The molecule has 6 heteroatoms. The number of carboxylic acids is 1. The van der Waals surface area contributed by atoms with Gasteiger partial charge in [0.15, 0.2) is 17.9 Å². The molecule has 0 saturated carbocycles. The summed E-state index contributed by atoms with van der Waals surface area (Å²) in [5.74, 6) is 0.774. The minimum absolute atomic E-state index is 0.184. The van der Waals surface area contributed by atoms with Crippen molar-refractivity contribution in [3.8, 4) is 5.75 Å². The van der Waals surface area contributed by atoms with Crippen LogP contribution in [0.3, 0.4) is 0 Å². The summed E-state index contributed by atoms with van der Waals surface area (Å²) >= 11 is 1.71. The first-order valence-electron chi connectivity index (χ1n) is 6.15. The Kier molecular flexibility index (Phi) is 4.92. The minimum Gasteiger partial charge on any atom is -0.479 e. The number of benzene rings is 1. The highest BCUT2D eigenvalue weighted by Gasteiger charge is 2.16. The number of carbonyl (C=O) groups is 1. The van der Waals surface area contributed by atoms with E-state index in [9.17, 15) is 9.90 Å². The Morgan fingerprint density at radius 3 is 2.90 bits per heavy atom. The molecule has 0 unspecified atom stereocenters. The second-order valence-electron chi connectivity index (χ2n) is 4.22. The van der Waals surface area contributed by atoms with E-state index in [0.717, 1.165) is 23.1 Å². The predicted molar refractivity (Wildman–Crippen MR) is 77.4 cm³/mol. The number of rotatable bonds is 7. The summed E-state index contributed by atoms with van der Waals surface area (Å²) in [4.78, 5) is 10.6. The number of thioether (sulfide) groups is 1. The van der Waals surface area contributed by atoms with Gasteiger partial charge in [-0.1, -0.05) is 12.1 Å². The lowest BCUT2D eigenvalue weighted by Crippen LogP contribution is -2.09. The number of aryl methyl sites for hydroxylation is 1. The lowest BCUT2D eigenvalue weighted by Gasteiger charge is -2.03. The summed E-state index contributed by atoms with van der Waals surface area (Å²) < 4.78 is 10.8. The molecule has 0 saturated heterocycles. The largest absolute Gasteiger partial charge is 0.479 e. The van der Waals surface area contributed by atoms with Crippen LogP contribution in [0.1, 0.15) is 11.3 Å². The van der Waals surface area contributed by atoms with Crippen LogP contribution in [0.4, 0.5) is 0 Å². The number of para-hydroxylation sites is 1. The summed E-state index contributed by atoms with van der Waals surface area (Å²) in [7, 11) is 0. The highest BCUT2D eigenvalue weighted by Crippen LogP contribution is 2.33. The number of ether oxygens (including phenoxy) is 1. The van der Waals surface area contributed by atoms with Gasteiger partial charge in [0, 0.05) is 10.9 Å². The molecule has 0 bridgehead atoms. The van der Waals surface area contributed by atoms with Gasteiger partial charge in [-0.25, -0.2) is 4.79 Å². The monoisotopic (exact) mass is 296 g/mol. The first kappa shape index (κ1) is 14.7. The minimum atomic E-state index is -1.04. The molecule has 0 aliphatic rings. The van der Waals surface area contributed by atoms with Gasteiger partial charge in [0.25, 0.3) is 0 Å². The van der Waals surface area contributed by atoms with Gasteiger partial charge < -0.3 is 19.4 Å². The van der Waals surface area contributed by atoms with Gasteiger partial charge in [0.1, 0.15) is 12.4 Å². The number of aliphatic hydroxyl groups excluding tert-OH is 1. The molecular formula is C14H16O5S. The van der Waals surface area contributed by atoms with Crippen LogP contribution in [-0.2, 0) is 17.8 Å². The van der Waals surface area contributed by atoms with E-state index in [1.807, 2.05) is 12.3 Å². The highest BCUT2D eigenvalue weighted by molar-refractivity contribution is 7.98. The molecule has 2 N–H and O–H groups in total. The number of aliphatic carboxylic acids is 1. The fraction of sp³-hybridized carbons (Fsp3) is 0.357. The smallest absolute Gasteiger partial charge is 0.341 e. The van der Waals surface area contributed by atoms with Gasteiger partial charge >= 0.3 is 5.97 Å². The van der Waals surface area contributed by atoms with Crippen molar-refractivity contribution in [3.63, 3.8) is 0 Å². The van der Waals surface area contributed by atoms with Crippen molar-refractivity contribution < 1.29 is 24.2 Å². The van der Waals surface area contributed by atoms with E-state index in [1.165, 1.54) is 0 Å². The summed E-state index contributed by atoms with van der Waals surface area (Å²) in [6.07, 6.45) is 2.80. The van der Waals surface area contributed by atoms with E-state index >= 15 is 0 Å². The molecule has 1 heterocycles. The lowest BCUT2D eigenvalue weighted by molar-refractivity contribution is -0.139. The molecule has 0 amide bonds. The van der Waals surface area contributed by atoms with E-state index in [-0.39, 0.29) is 6.61 Å². The zero-order chi connectivity index (χ0) is 14.5. The second kappa shape index (κ2) is 6.67. The number of aliphatic hydroxyl groups is 1. The Balaban J connectivity index is 2.41. The highest BCUT2D eigenvalue weighted by atomic mass is 32.2. The maximum absolute atomic E-state index is 10.6. The first-order valence-corrected chi connectivity index (χ1v) is 7.54. The second-order valence-corrected chi connectivity index (χ2v) is 5.21. The summed E-state index contributed by atoms with van der Waals surface area (Å²) in [6, 6.07) is 5.34. The van der Waals surface area contributed by atoms with Crippen LogP contribution in [0, 0.1) is 0 Å². The number of fused-ring (bicyclic) bond motifs is 1. The standard InChI is InChI=1S/C14H16O5S/c1-20-6-5-9-10-3-2-4-11(18-8-13(16)17)14(10)19-12(9)7-15/h2-4,15H,5-8H2,1H3,(H,16,17). The van der Waals surface area contributed by atoms with Crippen molar-refractivity contribution in [2.45, 2.75) is 13.0 Å². The molecule has 0 aliphatic heterocycles. The Hall–Kier alpha value is -1.66. The molecule has 1 aromatic heterocycles. The topological polar surface area (TPSA) is 79.9 Å². The molecule has 0 radical (unpaired) electrons. The van der Waals surface area contributed by atoms with Gasteiger partial charge in [-0.15, -0.1) is 0 Å². The van der Waals surface area contributed by atoms with Crippen LogP contribution >= 0.6 is 11.8 Å². The maximum Gasteiger partial charge on any atom is 0.341 e. The van der Waals surface area contributed by atoms with E-state index in [0.29, 0.717) is 17.1 Å². The molecule has 5 nitrogen and oxygen atoms in total. The molecular weight excluding hydrogens is 280 g/mol. The van der Waals surface area contributed by atoms with Crippen LogP contribution in [0.5, 0.6) is 5.75 Å². The SMILES string of the molecule is CSCCc1c(CO)oc2c(OCC(=O)O)cccc12. The van der Waals surface area contributed by atoms with E-state index < -0.39 is 12.6 Å². The molecule has 0 aliphatic carbocycles. The average Bonchev–Trinajstić information content (AvgIpc) is 2.81. The molecule has 0 spiro atoms. The fourth-order valence-corrected chi connectivity index (χ4v) is 2.46. The van der Waals surface area contributed by atoms with E-state index in [4.69, 9.17) is 14.3 Å². The number of carboxylic acid groups (broad SMARTS) is 1. The first-order chi connectivity index (χ1) is 9.67. The Morgan fingerprint density at radius 1 is 1.45 bits per heavy atom. The maximum atomic E-state index is 10.6. The molecule has 2 aromatic rings. The molecule has 2 rings (SSSR count). The van der Waals surface area contributed by atoms with Crippen molar-refractivity contribution in [3.05, 3.63) is 29.5 Å². The fourth-order valence-electron chi connectivity index (χ4n) is 2.05. The lowest BCUT2D eigenvalue weighted by atomic mass is 10.1. The van der Waals surface area contributed by atoms with Crippen molar-refractivity contribution in [2.24, 2.45) is 0 Å². The molecule has 0 fully saturated rings. The van der Waals surface area contributed by atoms with Crippen molar-refractivity contribution in [2.75, 3.05) is 18.6 Å². The Bertz CT molecular complexity index is 605. The number of furan rings is 1. The van der Waals surface area contributed by atoms with Crippen molar-refractivity contribution >= 4 is 28.7 Å². The number of hydrogen-bond acceptors (Lipinski definition) is 5. The molecule has 1 aromatic carbocycles. The zero-order valence-electron chi connectivity index (χ0n) is 11.1. The van der Waals surface area contributed by atoms with E-state index in [1.54, 1.807) is 23.9 Å². The Labute approximate surface area is 120 Å². The van der Waals surface area contributed by atoms with Crippen LogP contribution in [0.2, 0.25) is 0 Å².